The molecular weight excluding hydrogens is 1550 g/mol. The minimum Gasteiger partial charge on any atom is -0.497 e. The molecule has 12 rings (SSSR count). The molecule has 18 atom stereocenters. The Balaban J connectivity index is 0.000000206. The quantitative estimate of drug-likeness (QED) is 0.0471. The SMILES string of the molecule is CC(C)[C@@H]1CC[C@@H](C)C[C@H]1C(=O)Cc1cccc(F)c1.CCc1ccc(CC(=O)[C@@H]2C[C@H](C)CC[C@H]2C(C)C)cc1.COc1ccc(CC(=O)[C@@H]2C[C@H](C)CC[C@H]2C(C)C)cc1F.COc1cccc(CC(=O)[C@@H]2C[C@H](C)CC[C@H]2C(C)C)c1.COc1ccccc1CC(=O)[C@@H]1C[C@H](C)CC[C@H]1C(C)C.Cc1ccc(CC(=O)[C@@H]2C[C@H](C)CC[C@H]2C(C)C)cc1. The number of hydrogen-bond donors (Lipinski definition) is 0. The molecule has 6 aliphatic carbocycles. The minimum absolute atomic E-state index is 0.119. The molecule has 0 unspecified atom stereocenters. The Morgan fingerprint density at radius 2 is 0.592 bits per heavy atom. The number of ketones is 6. The van der Waals surface area contributed by atoms with Gasteiger partial charge in [-0.1, -0.05) is 273 Å². The molecule has 0 aromatic heterocycles. The second-order valence-corrected chi connectivity index (χ2v) is 41.9. The van der Waals surface area contributed by atoms with Crippen LogP contribution in [-0.4, -0.2) is 56.0 Å². The van der Waals surface area contributed by atoms with E-state index in [9.17, 15) is 37.5 Å². The second-order valence-electron chi connectivity index (χ2n) is 41.9. The summed E-state index contributed by atoms with van der Waals surface area (Å²) in [7, 11) is 4.78. The Morgan fingerprint density at radius 1 is 0.304 bits per heavy atom. The number of halogens is 2. The van der Waals surface area contributed by atoms with Crippen LogP contribution in [0.5, 0.6) is 17.2 Å². The number of hydrogen-bond acceptors (Lipinski definition) is 9. The molecule has 0 saturated heterocycles. The molecule has 0 heterocycles. The summed E-state index contributed by atoms with van der Waals surface area (Å²) in [5, 5.41) is 0. The van der Waals surface area contributed by atoms with Crippen LogP contribution in [0.4, 0.5) is 8.78 Å². The number of ether oxygens (including phenoxy) is 3. The van der Waals surface area contributed by atoms with E-state index in [4.69, 9.17) is 14.2 Å². The van der Waals surface area contributed by atoms with E-state index in [1.165, 1.54) is 112 Å². The van der Waals surface area contributed by atoms with Gasteiger partial charge in [-0.05, 0) is 273 Å². The van der Waals surface area contributed by atoms with Crippen LogP contribution >= 0.6 is 0 Å². The Hall–Kier alpha value is -7.40. The molecule has 6 aromatic rings. The van der Waals surface area contributed by atoms with Gasteiger partial charge in [0.25, 0.3) is 0 Å². The van der Waals surface area contributed by atoms with Gasteiger partial charge in [0.05, 0.1) is 21.3 Å². The zero-order valence-electron chi connectivity index (χ0n) is 81.7. The monoisotopic (exact) mass is 1720 g/mol. The van der Waals surface area contributed by atoms with Gasteiger partial charge in [-0.25, -0.2) is 8.78 Å². The molecule has 0 bridgehead atoms. The predicted molar refractivity (Wildman–Crippen MR) is 514 cm³/mol. The zero-order chi connectivity index (χ0) is 91.9. The maximum absolute atomic E-state index is 13.8. The van der Waals surface area contributed by atoms with Gasteiger partial charge < -0.3 is 14.2 Å². The largest absolute Gasteiger partial charge is 0.497 e. The third-order valence-corrected chi connectivity index (χ3v) is 29.9. The van der Waals surface area contributed by atoms with Crippen LogP contribution in [0.15, 0.2) is 140 Å². The number of methoxy groups -OCH3 is 3. The molecule has 6 saturated carbocycles. The highest BCUT2D eigenvalue weighted by Gasteiger charge is 2.41. The van der Waals surface area contributed by atoms with Gasteiger partial charge in [0, 0.05) is 79.6 Å². The number of carbonyl (C=O) groups excluding carboxylic acids is 6. The number of aryl methyl sites for hydroxylation is 2. The van der Waals surface area contributed by atoms with Crippen molar-refractivity contribution in [2.45, 2.75) is 299 Å². The molecule has 11 heteroatoms. The van der Waals surface area contributed by atoms with E-state index in [2.05, 4.69) is 187 Å². The molecular formula is C114H166F2O9. The van der Waals surface area contributed by atoms with Gasteiger partial charge in [-0.2, -0.15) is 0 Å². The van der Waals surface area contributed by atoms with E-state index in [1.807, 2.05) is 54.6 Å². The average molecular weight is 1720 g/mol. The first-order valence-electron chi connectivity index (χ1n) is 49.0. The van der Waals surface area contributed by atoms with E-state index in [0.29, 0.717) is 174 Å². The Labute approximate surface area is 757 Å². The molecule has 6 fully saturated rings. The van der Waals surface area contributed by atoms with Gasteiger partial charge in [-0.3, -0.25) is 28.8 Å². The van der Waals surface area contributed by atoms with Crippen molar-refractivity contribution < 1.29 is 51.8 Å². The molecule has 0 spiro atoms. The van der Waals surface area contributed by atoms with Crippen LogP contribution in [0.1, 0.15) is 292 Å². The van der Waals surface area contributed by atoms with Crippen LogP contribution in [0.2, 0.25) is 0 Å². The maximum Gasteiger partial charge on any atom is 0.165 e. The Kier molecular flexibility index (Phi) is 43.8. The lowest BCUT2D eigenvalue weighted by Crippen LogP contribution is -2.34. The van der Waals surface area contributed by atoms with E-state index < -0.39 is 5.82 Å². The first-order valence-corrected chi connectivity index (χ1v) is 49.0. The van der Waals surface area contributed by atoms with Crippen LogP contribution in [0.25, 0.3) is 0 Å². The lowest BCUT2D eigenvalue weighted by atomic mass is 9.68. The predicted octanol–water partition coefficient (Wildman–Crippen LogP) is 28.2. The number of para-hydroxylation sites is 1. The number of carbonyl (C=O) groups is 6. The lowest BCUT2D eigenvalue weighted by molar-refractivity contribution is -0.127. The van der Waals surface area contributed by atoms with Crippen molar-refractivity contribution in [3.63, 3.8) is 0 Å². The molecule has 6 aromatic carbocycles. The van der Waals surface area contributed by atoms with Gasteiger partial charge >= 0.3 is 0 Å². The summed E-state index contributed by atoms with van der Waals surface area (Å²) in [5.41, 5.74) is 8.58. The summed E-state index contributed by atoms with van der Waals surface area (Å²) in [6.07, 6.45) is 25.0. The van der Waals surface area contributed by atoms with Crippen LogP contribution in [0.3, 0.4) is 0 Å². The molecule has 125 heavy (non-hydrogen) atoms. The number of benzene rings is 6. The summed E-state index contributed by atoms with van der Waals surface area (Å²) in [4.78, 5) is 76.5. The molecule has 0 amide bonds. The normalized spacial score (nSPS) is 26.1. The van der Waals surface area contributed by atoms with Gasteiger partial charge in [0.15, 0.2) is 11.6 Å². The van der Waals surface area contributed by atoms with Gasteiger partial charge in [-0.15, -0.1) is 0 Å². The molecule has 0 radical (unpaired) electrons. The van der Waals surface area contributed by atoms with Crippen molar-refractivity contribution in [2.75, 3.05) is 21.3 Å². The van der Waals surface area contributed by atoms with Crippen molar-refractivity contribution in [3.8, 4) is 17.2 Å². The first kappa shape index (κ1) is 105. The fourth-order valence-electron chi connectivity index (χ4n) is 22.1. The standard InChI is InChI=1S/C20H30O.C19H27FO2.2C19H28O2.C19H28O.C18H25FO/c1-5-16-7-9-17(10-8-16)13-20(21)19-12-15(4)6-11-18(19)14(2)3;1-12(2)15-7-5-13(3)9-16(15)18(21)11-14-6-8-19(22-4)17(20)10-14;1-13(2)17-9-8-14(3)10-18(17)19(20)12-15-6-5-7-16(11-15)21-4;1-13(2)16-10-9-14(3)11-17(16)18(20)12-15-7-5-6-8-19(15)21-4;1-13(2)17-10-7-15(4)11-18(17)19(20)12-16-8-5-14(3)6-9-16;1-12(2)16-8-7-13(3)9-17(16)18(20)11-14-5-4-6-15(19)10-14/h7-10,14-15,18-19H,5-6,11-13H2,1-4H3;6,8,10,12-13,15-16H,5,7,9,11H2,1-4H3;5-7,11,13-14,17-18H,8-10,12H2,1-4H3;5-8,13-14,16-17H,9-12H2,1-4H3;5-6,8-9,13,15,17-18H,7,10-12H2,1-4H3;4-6,10,12-13,16-17H,7-9,11H2,1-3H3/t15-,18+,19-;13-,15+,16-;14-,17+,18-;14-,16+,17-;15-,17+,18-;13-,16+,17-/m111111/s1. The van der Waals surface area contributed by atoms with E-state index in [1.54, 1.807) is 32.4 Å². The highest BCUT2D eigenvalue weighted by atomic mass is 19.1. The van der Waals surface area contributed by atoms with Gasteiger partial charge in [0.2, 0.25) is 0 Å². The van der Waals surface area contributed by atoms with Crippen molar-refractivity contribution in [1.29, 1.82) is 0 Å². The number of Topliss-reactive ketones (excluding diaryl/α,β-unsaturated/α-hetero) is 6. The van der Waals surface area contributed by atoms with Crippen molar-refractivity contribution in [1.82, 2.24) is 0 Å². The first-order chi connectivity index (χ1) is 59.4. The van der Waals surface area contributed by atoms with Gasteiger partial charge in [0.1, 0.15) is 52.0 Å². The van der Waals surface area contributed by atoms with E-state index in [-0.39, 0.29) is 52.9 Å². The third-order valence-electron chi connectivity index (χ3n) is 29.9. The smallest absolute Gasteiger partial charge is 0.165 e. The fraction of sp³-hybridized carbons (Fsp3) is 0.632. The number of rotatable bonds is 28. The maximum atomic E-state index is 13.8. The van der Waals surface area contributed by atoms with E-state index >= 15 is 0 Å². The average Bonchev–Trinajstić information content (AvgIpc) is 0.839. The summed E-state index contributed by atoms with van der Waals surface area (Å²) >= 11 is 0. The van der Waals surface area contributed by atoms with Crippen molar-refractivity contribution in [2.24, 2.45) is 142 Å². The second kappa shape index (κ2) is 52.3. The topological polar surface area (TPSA) is 130 Å². The minimum atomic E-state index is -0.398. The summed E-state index contributed by atoms with van der Waals surface area (Å²) < 4.78 is 42.5. The molecule has 0 N–H and O–H groups in total. The van der Waals surface area contributed by atoms with Crippen LogP contribution in [-0.2, 0) is 73.7 Å². The summed E-state index contributed by atoms with van der Waals surface area (Å²) in [6.45, 7) is 44.8. The summed E-state index contributed by atoms with van der Waals surface area (Å²) in [5.74, 6) is 15.5. The molecule has 690 valence electrons. The Bertz CT molecular complexity index is 4240. The summed E-state index contributed by atoms with van der Waals surface area (Å²) in [6, 6.07) is 44.0. The van der Waals surface area contributed by atoms with Crippen molar-refractivity contribution in [3.05, 3.63) is 196 Å². The molecule has 6 aliphatic rings. The van der Waals surface area contributed by atoms with Crippen LogP contribution in [0, 0.1) is 161 Å². The highest BCUT2D eigenvalue weighted by molar-refractivity contribution is 5.87. The van der Waals surface area contributed by atoms with Crippen LogP contribution < -0.4 is 14.2 Å². The lowest BCUT2D eigenvalue weighted by Gasteiger charge is -2.36. The highest BCUT2D eigenvalue weighted by Crippen LogP contribution is 2.46. The zero-order valence-corrected chi connectivity index (χ0v) is 81.7. The molecule has 9 nitrogen and oxygen atoms in total. The Morgan fingerprint density at radius 3 is 0.904 bits per heavy atom. The third kappa shape index (κ3) is 33.3. The molecule has 0 aliphatic heterocycles. The van der Waals surface area contributed by atoms with E-state index in [0.717, 1.165) is 91.5 Å². The fourth-order valence-corrected chi connectivity index (χ4v) is 22.1. The van der Waals surface area contributed by atoms with Crippen molar-refractivity contribution >= 4 is 34.7 Å².